The van der Waals surface area contributed by atoms with Gasteiger partial charge in [-0.1, -0.05) is 20.8 Å². The summed E-state index contributed by atoms with van der Waals surface area (Å²) in [5.41, 5.74) is 0.301. The molecule has 1 aliphatic carbocycles. The number of amides is 1. The molecule has 0 aromatic rings. The first-order valence-corrected chi connectivity index (χ1v) is 4.79. The Bertz CT molecular complexity index is 216. The van der Waals surface area contributed by atoms with Crippen LogP contribution in [0.1, 0.15) is 27.2 Å². The highest BCUT2D eigenvalue weighted by Crippen LogP contribution is 2.52. The monoisotopic (exact) mass is 167 g/mol. The van der Waals surface area contributed by atoms with Crippen LogP contribution in [0, 0.1) is 17.3 Å². The van der Waals surface area contributed by atoms with E-state index in [1.54, 1.807) is 0 Å². The van der Waals surface area contributed by atoms with E-state index in [2.05, 4.69) is 20.8 Å². The number of hydrogen-bond donors (Lipinski definition) is 0. The van der Waals surface area contributed by atoms with Crippen LogP contribution in [0.3, 0.4) is 0 Å². The lowest BCUT2D eigenvalue weighted by Gasteiger charge is -2.37. The van der Waals surface area contributed by atoms with E-state index in [9.17, 15) is 4.79 Å². The fourth-order valence-electron chi connectivity index (χ4n) is 1.99. The van der Waals surface area contributed by atoms with Crippen LogP contribution in [-0.2, 0) is 4.79 Å². The summed E-state index contributed by atoms with van der Waals surface area (Å²) in [5, 5.41) is 0. The molecule has 0 unspecified atom stereocenters. The van der Waals surface area contributed by atoms with E-state index in [4.69, 9.17) is 0 Å². The highest BCUT2D eigenvalue weighted by atomic mass is 16.2. The molecule has 1 atom stereocenters. The van der Waals surface area contributed by atoms with Crippen molar-refractivity contribution in [2.24, 2.45) is 17.3 Å². The molecule has 2 rings (SSSR count). The third-order valence-corrected chi connectivity index (χ3v) is 3.19. The molecule has 12 heavy (non-hydrogen) atoms. The van der Waals surface area contributed by atoms with Crippen molar-refractivity contribution in [1.29, 1.82) is 0 Å². The van der Waals surface area contributed by atoms with Crippen molar-refractivity contribution in [1.82, 2.24) is 4.90 Å². The van der Waals surface area contributed by atoms with Gasteiger partial charge < -0.3 is 4.90 Å². The molecule has 1 heterocycles. The van der Waals surface area contributed by atoms with Crippen molar-refractivity contribution < 1.29 is 4.79 Å². The SMILES string of the molecule is CC1CN(C(=O)[C@H]2CC2(C)C)C1. The normalized spacial score (nSPS) is 32.9. The Morgan fingerprint density at radius 2 is 1.92 bits per heavy atom. The van der Waals surface area contributed by atoms with Crippen molar-refractivity contribution in [3.63, 3.8) is 0 Å². The average molecular weight is 167 g/mol. The summed E-state index contributed by atoms with van der Waals surface area (Å²) < 4.78 is 0. The third-order valence-electron chi connectivity index (χ3n) is 3.19. The van der Waals surface area contributed by atoms with Gasteiger partial charge in [-0.25, -0.2) is 0 Å². The lowest BCUT2D eigenvalue weighted by Crippen LogP contribution is -2.49. The quantitative estimate of drug-likeness (QED) is 0.579. The van der Waals surface area contributed by atoms with Crippen molar-refractivity contribution in [3.8, 4) is 0 Å². The number of rotatable bonds is 1. The maximum atomic E-state index is 11.7. The molecule has 0 bridgehead atoms. The van der Waals surface area contributed by atoms with Crippen LogP contribution in [0.2, 0.25) is 0 Å². The van der Waals surface area contributed by atoms with Gasteiger partial charge >= 0.3 is 0 Å². The Hall–Kier alpha value is -0.530. The molecule has 0 aromatic heterocycles. The number of likely N-dealkylation sites (tertiary alicyclic amines) is 1. The number of carbonyl (C=O) groups excluding carboxylic acids is 1. The topological polar surface area (TPSA) is 20.3 Å². The molecule has 0 N–H and O–H groups in total. The Kier molecular flexibility index (Phi) is 1.51. The lowest BCUT2D eigenvalue weighted by atomic mass is 10.0. The van der Waals surface area contributed by atoms with Crippen LogP contribution in [0.4, 0.5) is 0 Å². The van der Waals surface area contributed by atoms with Crippen LogP contribution in [-0.4, -0.2) is 23.9 Å². The molecule has 1 aliphatic heterocycles. The van der Waals surface area contributed by atoms with E-state index in [1.165, 1.54) is 0 Å². The molecule has 2 heteroatoms. The molecule has 0 spiro atoms. The molecule has 68 valence electrons. The maximum absolute atomic E-state index is 11.7. The standard InChI is InChI=1S/C10H17NO/c1-7-5-11(6-7)9(12)8-4-10(8,2)3/h7-8H,4-6H2,1-3H3/t8-/m1/s1. The molecule has 1 saturated carbocycles. The first-order valence-electron chi connectivity index (χ1n) is 4.79. The summed E-state index contributed by atoms with van der Waals surface area (Å²) in [4.78, 5) is 13.7. The lowest BCUT2D eigenvalue weighted by molar-refractivity contribution is -0.139. The van der Waals surface area contributed by atoms with Crippen LogP contribution in [0.25, 0.3) is 0 Å². The molecule has 1 amide bonds. The third kappa shape index (κ3) is 1.13. The second-order valence-corrected chi connectivity index (χ2v) is 5.09. The second-order valence-electron chi connectivity index (χ2n) is 5.09. The molecule has 1 saturated heterocycles. The zero-order valence-corrected chi connectivity index (χ0v) is 8.13. The fraction of sp³-hybridized carbons (Fsp3) is 0.900. The Morgan fingerprint density at radius 3 is 2.25 bits per heavy atom. The Labute approximate surface area is 73.9 Å². The maximum Gasteiger partial charge on any atom is 0.226 e. The first-order chi connectivity index (χ1) is 5.50. The van der Waals surface area contributed by atoms with E-state index < -0.39 is 0 Å². The average Bonchev–Trinajstić information content (AvgIpc) is 2.52. The van der Waals surface area contributed by atoms with Crippen molar-refractivity contribution in [2.45, 2.75) is 27.2 Å². The summed E-state index contributed by atoms with van der Waals surface area (Å²) in [6, 6.07) is 0. The molecular weight excluding hydrogens is 150 g/mol. The van der Waals surface area contributed by atoms with Crippen molar-refractivity contribution in [3.05, 3.63) is 0 Å². The zero-order valence-electron chi connectivity index (χ0n) is 8.13. The molecule has 0 radical (unpaired) electrons. The van der Waals surface area contributed by atoms with E-state index in [0.717, 1.165) is 25.4 Å². The number of hydrogen-bond acceptors (Lipinski definition) is 1. The molecular formula is C10H17NO. The molecule has 2 nitrogen and oxygen atoms in total. The highest BCUT2D eigenvalue weighted by molar-refractivity contribution is 5.83. The van der Waals surface area contributed by atoms with Crippen LogP contribution < -0.4 is 0 Å². The van der Waals surface area contributed by atoms with Gasteiger partial charge in [0.25, 0.3) is 0 Å². The van der Waals surface area contributed by atoms with Gasteiger partial charge in [-0.05, 0) is 17.8 Å². The van der Waals surface area contributed by atoms with Gasteiger partial charge in [0.15, 0.2) is 0 Å². The van der Waals surface area contributed by atoms with Gasteiger partial charge in [-0.3, -0.25) is 4.79 Å². The van der Waals surface area contributed by atoms with Crippen molar-refractivity contribution >= 4 is 5.91 Å². The minimum Gasteiger partial charge on any atom is -0.342 e. The van der Waals surface area contributed by atoms with Gasteiger partial charge in [-0.15, -0.1) is 0 Å². The molecule has 0 aromatic carbocycles. The minimum atomic E-state index is 0.301. The summed E-state index contributed by atoms with van der Waals surface area (Å²) in [6.45, 7) is 8.54. The fourth-order valence-corrected chi connectivity index (χ4v) is 1.99. The van der Waals surface area contributed by atoms with Crippen LogP contribution in [0.5, 0.6) is 0 Å². The largest absolute Gasteiger partial charge is 0.342 e. The van der Waals surface area contributed by atoms with Gasteiger partial charge in [0.1, 0.15) is 0 Å². The van der Waals surface area contributed by atoms with Crippen molar-refractivity contribution in [2.75, 3.05) is 13.1 Å². The van der Waals surface area contributed by atoms with Gasteiger partial charge in [0.2, 0.25) is 5.91 Å². The smallest absolute Gasteiger partial charge is 0.226 e. The Balaban J connectivity index is 1.87. The summed E-state index contributed by atoms with van der Waals surface area (Å²) in [6.07, 6.45) is 1.09. The first kappa shape index (κ1) is 8.09. The highest BCUT2D eigenvalue weighted by Gasteiger charge is 2.52. The number of nitrogens with zero attached hydrogens (tertiary/aromatic N) is 1. The summed E-state index contributed by atoms with van der Waals surface area (Å²) in [7, 11) is 0. The zero-order chi connectivity index (χ0) is 8.93. The van der Waals surface area contributed by atoms with Gasteiger partial charge in [0, 0.05) is 19.0 Å². The number of carbonyl (C=O) groups is 1. The summed E-state index contributed by atoms with van der Waals surface area (Å²) >= 11 is 0. The van der Waals surface area contributed by atoms with E-state index in [1.807, 2.05) is 4.90 Å². The predicted molar refractivity (Wildman–Crippen MR) is 47.6 cm³/mol. The second kappa shape index (κ2) is 2.24. The molecule has 2 aliphatic rings. The predicted octanol–water partition coefficient (Wildman–Crippen LogP) is 1.51. The van der Waals surface area contributed by atoms with Crippen LogP contribution in [0.15, 0.2) is 0 Å². The molecule has 2 fully saturated rings. The summed E-state index contributed by atoms with van der Waals surface area (Å²) in [5.74, 6) is 1.47. The van der Waals surface area contributed by atoms with Gasteiger partial charge in [0.05, 0.1) is 0 Å². The van der Waals surface area contributed by atoms with E-state index in [-0.39, 0.29) is 0 Å². The van der Waals surface area contributed by atoms with E-state index >= 15 is 0 Å². The van der Waals surface area contributed by atoms with Crippen LogP contribution >= 0.6 is 0 Å². The van der Waals surface area contributed by atoms with Gasteiger partial charge in [-0.2, -0.15) is 0 Å². The minimum absolute atomic E-state index is 0.301. The Morgan fingerprint density at radius 1 is 1.42 bits per heavy atom. The van der Waals surface area contributed by atoms with E-state index in [0.29, 0.717) is 17.2 Å².